The summed E-state index contributed by atoms with van der Waals surface area (Å²) in [5.41, 5.74) is 6.13. The molecule has 1 atom stereocenters. The Morgan fingerprint density at radius 2 is 2.17 bits per heavy atom. The average molecular weight is 339 g/mol. The molecule has 2 rings (SSSR count). The Balaban J connectivity index is 2.27. The molecule has 2 amide bonds. The SMILES string of the molecule is Cc1nc2cc(Cl)ccn2c1C(=O)NC(CCC(N)=O)C(=O)O. The third-order valence-corrected chi connectivity index (χ3v) is 3.50. The van der Waals surface area contributed by atoms with Gasteiger partial charge in [0.15, 0.2) is 0 Å². The van der Waals surface area contributed by atoms with Gasteiger partial charge in [0, 0.05) is 23.7 Å². The smallest absolute Gasteiger partial charge is 0.326 e. The largest absolute Gasteiger partial charge is 0.480 e. The Morgan fingerprint density at radius 1 is 1.48 bits per heavy atom. The van der Waals surface area contributed by atoms with Gasteiger partial charge in [-0.05, 0) is 19.4 Å². The van der Waals surface area contributed by atoms with Gasteiger partial charge in [-0.25, -0.2) is 9.78 Å². The van der Waals surface area contributed by atoms with Crippen LogP contribution in [0.4, 0.5) is 0 Å². The van der Waals surface area contributed by atoms with Crippen molar-refractivity contribution in [3.05, 3.63) is 34.7 Å². The molecule has 0 aliphatic rings. The fraction of sp³-hybridized carbons (Fsp3) is 0.286. The highest BCUT2D eigenvalue weighted by Gasteiger charge is 2.24. The molecule has 0 aromatic carbocycles. The first-order chi connectivity index (χ1) is 10.8. The summed E-state index contributed by atoms with van der Waals surface area (Å²) in [7, 11) is 0. The second-order valence-electron chi connectivity index (χ2n) is 4.99. The zero-order chi connectivity index (χ0) is 17.1. The van der Waals surface area contributed by atoms with E-state index < -0.39 is 23.8 Å². The van der Waals surface area contributed by atoms with Gasteiger partial charge in [0.05, 0.1) is 5.69 Å². The lowest BCUT2D eigenvalue weighted by Gasteiger charge is -2.14. The van der Waals surface area contributed by atoms with E-state index in [-0.39, 0.29) is 18.5 Å². The molecule has 0 aliphatic heterocycles. The number of carboxylic acid groups (broad SMARTS) is 1. The number of amides is 2. The first-order valence-electron chi connectivity index (χ1n) is 6.75. The predicted octanol–water partition coefficient (Wildman–Crippen LogP) is 0.745. The summed E-state index contributed by atoms with van der Waals surface area (Å²) >= 11 is 5.88. The molecule has 0 spiro atoms. The number of nitrogens with one attached hydrogen (secondary N) is 1. The number of hydrogen-bond acceptors (Lipinski definition) is 4. The Kier molecular flexibility index (Phi) is 4.85. The lowest BCUT2D eigenvalue weighted by Crippen LogP contribution is -2.42. The molecule has 4 N–H and O–H groups in total. The van der Waals surface area contributed by atoms with E-state index in [4.69, 9.17) is 22.4 Å². The van der Waals surface area contributed by atoms with Gasteiger partial charge in [-0.1, -0.05) is 11.6 Å². The molecule has 8 nitrogen and oxygen atoms in total. The van der Waals surface area contributed by atoms with E-state index in [0.717, 1.165) is 0 Å². The Bertz CT molecular complexity index is 786. The van der Waals surface area contributed by atoms with Crippen LogP contribution in [0.2, 0.25) is 5.02 Å². The summed E-state index contributed by atoms with van der Waals surface area (Å²) in [5, 5.41) is 12.0. The minimum Gasteiger partial charge on any atom is -0.480 e. The number of fused-ring (bicyclic) bond motifs is 1. The van der Waals surface area contributed by atoms with E-state index >= 15 is 0 Å². The number of aromatic nitrogens is 2. The maximum absolute atomic E-state index is 12.4. The molecule has 2 aromatic rings. The molecule has 2 aromatic heterocycles. The van der Waals surface area contributed by atoms with Crippen LogP contribution in [0.3, 0.4) is 0 Å². The van der Waals surface area contributed by atoms with Crippen LogP contribution < -0.4 is 11.1 Å². The molecule has 0 radical (unpaired) electrons. The summed E-state index contributed by atoms with van der Waals surface area (Å²) < 4.78 is 1.52. The van der Waals surface area contributed by atoms with Gasteiger partial charge < -0.3 is 16.2 Å². The molecule has 0 saturated heterocycles. The summed E-state index contributed by atoms with van der Waals surface area (Å²) in [5.74, 6) is -2.48. The number of pyridine rings is 1. The standard InChI is InChI=1S/C14H15ClN4O4/c1-7-12(19-5-4-8(15)6-11(19)17-7)13(21)18-9(14(22)23)2-3-10(16)20/h4-6,9H,2-3H2,1H3,(H2,16,20)(H,18,21)(H,22,23). The average Bonchev–Trinajstić information content (AvgIpc) is 2.77. The van der Waals surface area contributed by atoms with Gasteiger partial charge in [0.2, 0.25) is 5.91 Å². The number of primary amides is 1. The maximum atomic E-state index is 12.4. The normalized spacial score (nSPS) is 12.1. The highest BCUT2D eigenvalue weighted by Crippen LogP contribution is 2.16. The quantitative estimate of drug-likeness (QED) is 0.716. The van der Waals surface area contributed by atoms with Gasteiger partial charge in [-0.3, -0.25) is 14.0 Å². The number of carboxylic acids is 1. The maximum Gasteiger partial charge on any atom is 0.326 e. The van der Waals surface area contributed by atoms with Crippen molar-refractivity contribution in [1.29, 1.82) is 0 Å². The van der Waals surface area contributed by atoms with E-state index in [1.807, 2.05) is 0 Å². The van der Waals surface area contributed by atoms with Gasteiger partial charge in [-0.2, -0.15) is 0 Å². The van der Waals surface area contributed by atoms with Crippen molar-refractivity contribution in [3.8, 4) is 0 Å². The Morgan fingerprint density at radius 3 is 2.78 bits per heavy atom. The number of aliphatic carboxylic acids is 1. The minimum absolute atomic E-state index is 0.0853. The van der Waals surface area contributed by atoms with Crippen molar-refractivity contribution in [3.63, 3.8) is 0 Å². The number of rotatable bonds is 6. The van der Waals surface area contributed by atoms with Crippen molar-refractivity contribution in [2.45, 2.75) is 25.8 Å². The summed E-state index contributed by atoms with van der Waals surface area (Å²) in [4.78, 5) is 38.6. The van der Waals surface area contributed by atoms with Crippen LogP contribution in [0.25, 0.3) is 5.65 Å². The summed E-state index contributed by atoms with van der Waals surface area (Å²) in [6.45, 7) is 1.63. The monoisotopic (exact) mass is 338 g/mol. The molecule has 0 aliphatic carbocycles. The van der Waals surface area contributed by atoms with E-state index in [1.165, 1.54) is 4.40 Å². The van der Waals surface area contributed by atoms with Crippen LogP contribution in [0.5, 0.6) is 0 Å². The van der Waals surface area contributed by atoms with Crippen LogP contribution >= 0.6 is 11.6 Å². The van der Waals surface area contributed by atoms with Crippen molar-refractivity contribution >= 4 is 35.0 Å². The number of carbonyl (C=O) groups excluding carboxylic acids is 2. The van der Waals surface area contributed by atoms with E-state index in [1.54, 1.807) is 25.3 Å². The number of nitrogens with zero attached hydrogens (tertiary/aromatic N) is 2. The van der Waals surface area contributed by atoms with Crippen LogP contribution in [-0.2, 0) is 9.59 Å². The lowest BCUT2D eigenvalue weighted by atomic mass is 10.1. The van der Waals surface area contributed by atoms with Gasteiger partial charge in [0.1, 0.15) is 17.4 Å². The van der Waals surface area contributed by atoms with Crippen LogP contribution in [0.15, 0.2) is 18.3 Å². The second-order valence-corrected chi connectivity index (χ2v) is 5.42. The molecule has 0 saturated carbocycles. The lowest BCUT2D eigenvalue weighted by molar-refractivity contribution is -0.139. The molecule has 122 valence electrons. The third-order valence-electron chi connectivity index (χ3n) is 3.26. The molecule has 0 fully saturated rings. The second kappa shape index (κ2) is 6.66. The summed E-state index contributed by atoms with van der Waals surface area (Å²) in [6.07, 6.45) is 1.35. The topological polar surface area (TPSA) is 127 Å². The minimum atomic E-state index is -1.24. The van der Waals surface area contributed by atoms with E-state index in [9.17, 15) is 14.4 Å². The van der Waals surface area contributed by atoms with E-state index in [0.29, 0.717) is 16.4 Å². The Labute approximate surface area is 136 Å². The van der Waals surface area contributed by atoms with Gasteiger partial charge >= 0.3 is 5.97 Å². The highest BCUT2D eigenvalue weighted by molar-refractivity contribution is 6.30. The Hall–Kier alpha value is -2.61. The first-order valence-corrected chi connectivity index (χ1v) is 7.13. The predicted molar refractivity (Wildman–Crippen MR) is 82.3 cm³/mol. The van der Waals surface area contributed by atoms with Crippen molar-refractivity contribution in [2.75, 3.05) is 0 Å². The molecule has 2 heterocycles. The third kappa shape index (κ3) is 3.78. The molecular formula is C14H15ClN4O4. The van der Waals surface area contributed by atoms with Crippen molar-refractivity contribution in [1.82, 2.24) is 14.7 Å². The van der Waals surface area contributed by atoms with Crippen LogP contribution in [-0.4, -0.2) is 38.3 Å². The fourth-order valence-electron chi connectivity index (χ4n) is 2.18. The zero-order valence-electron chi connectivity index (χ0n) is 12.2. The van der Waals surface area contributed by atoms with Gasteiger partial charge in [0.25, 0.3) is 5.91 Å². The van der Waals surface area contributed by atoms with Crippen LogP contribution in [0, 0.1) is 6.92 Å². The number of carbonyl (C=O) groups is 3. The first kappa shape index (κ1) is 16.8. The molecule has 0 bridgehead atoms. The highest BCUT2D eigenvalue weighted by atomic mass is 35.5. The summed E-state index contributed by atoms with van der Waals surface area (Å²) in [6, 6.07) is 1.97. The van der Waals surface area contributed by atoms with Crippen molar-refractivity contribution in [2.24, 2.45) is 5.73 Å². The van der Waals surface area contributed by atoms with Gasteiger partial charge in [-0.15, -0.1) is 0 Å². The number of imidazole rings is 1. The van der Waals surface area contributed by atoms with E-state index in [2.05, 4.69) is 10.3 Å². The zero-order valence-corrected chi connectivity index (χ0v) is 13.0. The van der Waals surface area contributed by atoms with Crippen molar-refractivity contribution < 1.29 is 19.5 Å². The number of nitrogens with two attached hydrogens (primary N) is 1. The number of halogens is 1. The molecule has 23 heavy (non-hydrogen) atoms. The fourth-order valence-corrected chi connectivity index (χ4v) is 2.34. The molecule has 9 heteroatoms. The number of hydrogen-bond donors (Lipinski definition) is 3. The number of aryl methyl sites for hydroxylation is 1. The molecule has 1 unspecified atom stereocenters. The molecular weight excluding hydrogens is 324 g/mol. The van der Waals surface area contributed by atoms with Crippen LogP contribution in [0.1, 0.15) is 29.0 Å².